The number of benzene rings is 1. The molecule has 1 aliphatic rings. The highest BCUT2D eigenvalue weighted by Crippen LogP contribution is 2.33. The highest BCUT2D eigenvalue weighted by atomic mass is 16.6. The molecule has 0 radical (unpaired) electrons. The molecule has 21 heavy (non-hydrogen) atoms. The average Bonchev–Trinajstić information content (AvgIpc) is 2.34. The predicted molar refractivity (Wildman–Crippen MR) is 75.1 cm³/mol. The van der Waals surface area contributed by atoms with E-state index < -0.39 is 23.7 Å². The summed E-state index contributed by atoms with van der Waals surface area (Å²) in [7, 11) is 0. The van der Waals surface area contributed by atoms with Crippen molar-refractivity contribution in [2.45, 2.75) is 38.8 Å². The van der Waals surface area contributed by atoms with Crippen molar-refractivity contribution < 1.29 is 24.5 Å². The number of hydrogen-bond acceptors (Lipinski definition) is 4. The fraction of sp³-hybridized carbons (Fsp3) is 0.467. The van der Waals surface area contributed by atoms with Crippen LogP contribution in [0, 0.1) is 0 Å². The zero-order chi connectivity index (χ0) is 15.8. The predicted octanol–water partition coefficient (Wildman–Crippen LogP) is 2.31. The van der Waals surface area contributed by atoms with Gasteiger partial charge in [0, 0.05) is 6.54 Å². The standard InChI is InChI=1S/C15H19NO5/c1-15(2,3)21-14(20)16-7-6-9-4-5-10(17)8-11(9)12(16)13(18)19/h4-5,8,12,17H,6-7H2,1-3H3,(H,18,19). The molecule has 1 unspecified atom stereocenters. The third kappa shape index (κ3) is 3.26. The minimum Gasteiger partial charge on any atom is -0.508 e. The van der Waals surface area contributed by atoms with E-state index in [0.717, 1.165) is 5.56 Å². The molecule has 2 rings (SSSR count). The van der Waals surface area contributed by atoms with E-state index in [4.69, 9.17) is 4.74 Å². The lowest BCUT2D eigenvalue weighted by molar-refractivity contribution is -0.143. The average molecular weight is 293 g/mol. The molecule has 1 aliphatic heterocycles. The lowest BCUT2D eigenvalue weighted by atomic mass is 9.92. The van der Waals surface area contributed by atoms with E-state index in [0.29, 0.717) is 12.0 Å². The zero-order valence-electron chi connectivity index (χ0n) is 12.3. The molecule has 0 saturated carbocycles. The topological polar surface area (TPSA) is 87.1 Å². The lowest BCUT2D eigenvalue weighted by Gasteiger charge is -2.35. The summed E-state index contributed by atoms with van der Waals surface area (Å²) in [6, 6.07) is 3.45. The van der Waals surface area contributed by atoms with Gasteiger partial charge in [-0.1, -0.05) is 6.07 Å². The van der Waals surface area contributed by atoms with Crippen LogP contribution in [0.15, 0.2) is 18.2 Å². The van der Waals surface area contributed by atoms with Crippen LogP contribution in [0.2, 0.25) is 0 Å². The Morgan fingerprint density at radius 3 is 2.57 bits per heavy atom. The quantitative estimate of drug-likeness (QED) is 0.829. The molecular weight excluding hydrogens is 274 g/mol. The number of carbonyl (C=O) groups is 2. The number of carboxylic acids is 1. The monoisotopic (exact) mass is 293 g/mol. The number of phenols is 1. The summed E-state index contributed by atoms with van der Waals surface area (Å²) in [5.74, 6) is -1.17. The van der Waals surface area contributed by atoms with E-state index in [-0.39, 0.29) is 12.3 Å². The van der Waals surface area contributed by atoms with Crippen LogP contribution in [0.4, 0.5) is 4.79 Å². The molecule has 1 heterocycles. The Kier molecular flexibility index (Phi) is 3.80. The van der Waals surface area contributed by atoms with Crippen molar-refractivity contribution in [1.82, 2.24) is 4.90 Å². The largest absolute Gasteiger partial charge is 0.508 e. The van der Waals surface area contributed by atoms with Gasteiger partial charge in [0.15, 0.2) is 6.04 Å². The van der Waals surface area contributed by atoms with Crippen LogP contribution >= 0.6 is 0 Å². The normalized spacial score (nSPS) is 18.0. The summed E-state index contributed by atoms with van der Waals surface area (Å²) < 4.78 is 5.26. The molecule has 1 atom stereocenters. The van der Waals surface area contributed by atoms with Gasteiger partial charge in [0.2, 0.25) is 0 Å². The fourth-order valence-electron chi connectivity index (χ4n) is 2.39. The molecule has 2 N–H and O–H groups in total. The molecule has 1 aromatic rings. The van der Waals surface area contributed by atoms with Crippen molar-refractivity contribution in [3.05, 3.63) is 29.3 Å². The number of hydrogen-bond donors (Lipinski definition) is 2. The molecule has 0 spiro atoms. The molecule has 6 nitrogen and oxygen atoms in total. The number of fused-ring (bicyclic) bond motifs is 1. The summed E-state index contributed by atoms with van der Waals surface area (Å²) >= 11 is 0. The maximum absolute atomic E-state index is 12.2. The van der Waals surface area contributed by atoms with Crippen LogP contribution in [0.1, 0.15) is 37.9 Å². The molecule has 114 valence electrons. The molecule has 0 fully saturated rings. The summed E-state index contributed by atoms with van der Waals surface area (Å²) in [4.78, 5) is 25.0. The third-order valence-electron chi connectivity index (χ3n) is 3.22. The van der Waals surface area contributed by atoms with Gasteiger partial charge in [-0.3, -0.25) is 4.90 Å². The van der Waals surface area contributed by atoms with E-state index >= 15 is 0 Å². The van der Waals surface area contributed by atoms with E-state index in [1.807, 2.05) is 0 Å². The molecular formula is C15H19NO5. The molecule has 1 aromatic carbocycles. The van der Waals surface area contributed by atoms with Gasteiger partial charge in [-0.25, -0.2) is 9.59 Å². The Morgan fingerprint density at radius 1 is 1.33 bits per heavy atom. The Bertz CT molecular complexity index is 576. The number of aliphatic carboxylic acids is 1. The van der Waals surface area contributed by atoms with Crippen molar-refractivity contribution >= 4 is 12.1 Å². The highest BCUT2D eigenvalue weighted by molar-refractivity contribution is 5.83. The molecule has 0 aliphatic carbocycles. The van der Waals surface area contributed by atoms with Gasteiger partial charge >= 0.3 is 12.1 Å². The number of carbonyl (C=O) groups excluding carboxylic acids is 1. The minimum atomic E-state index is -1.15. The van der Waals surface area contributed by atoms with Crippen molar-refractivity contribution in [2.24, 2.45) is 0 Å². The van der Waals surface area contributed by atoms with Gasteiger partial charge < -0.3 is 14.9 Å². The Labute approximate surface area is 122 Å². The minimum absolute atomic E-state index is 0.0222. The number of carboxylic acid groups (broad SMARTS) is 1. The number of ether oxygens (including phenoxy) is 1. The number of amides is 1. The summed E-state index contributed by atoms with van der Waals surface area (Å²) in [5, 5.41) is 19.0. The fourth-order valence-corrected chi connectivity index (χ4v) is 2.39. The van der Waals surface area contributed by atoms with Crippen LogP contribution in [0.25, 0.3) is 0 Å². The van der Waals surface area contributed by atoms with E-state index in [1.54, 1.807) is 26.8 Å². The van der Waals surface area contributed by atoms with Crippen molar-refractivity contribution in [2.75, 3.05) is 6.54 Å². The summed E-state index contributed by atoms with van der Waals surface area (Å²) in [6.07, 6.45) is -0.137. The number of rotatable bonds is 1. The number of phenolic OH excluding ortho intramolecular Hbond substituents is 1. The maximum Gasteiger partial charge on any atom is 0.411 e. The summed E-state index contributed by atoms with van der Waals surface area (Å²) in [6.45, 7) is 5.45. The van der Waals surface area contributed by atoms with E-state index in [1.165, 1.54) is 17.0 Å². The van der Waals surface area contributed by atoms with Crippen LogP contribution in [0.5, 0.6) is 5.75 Å². The van der Waals surface area contributed by atoms with Crippen LogP contribution in [-0.2, 0) is 16.0 Å². The van der Waals surface area contributed by atoms with Crippen molar-refractivity contribution in [1.29, 1.82) is 0 Å². The molecule has 0 bridgehead atoms. The first kappa shape index (κ1) is 15.2. The SMILES string of the molecule is CC(C)(C)OC(=O)N1CCc2ccc(O)cc2C1C(=O)O. The highest BCUT2D eigenvalue weighted by Gasteiger charge is 2.38. The Balaban J connectivity index is 2.36. The van der Waals surface area contributed by atoms with Gasteiger partial charge in [0.05, 0.1) is 0 Å². The van der Waals surface area contributed by atoms with Crippen LogP contribution in [-0.4, -0.2) is 39.3 Å². The second-order valence-corrected chi connectivity index (χ2v) is 6.05. The van der Waals surface area contributed by atoms with Gasteiger partial charge in [-0.15, -0.1) is 0 Å². The molecule has 0 saturated heterocycles. The van der Waals surface area contributed by atoms with Crippen molar-refractivity contribution in [3.8, 4) is 5.75 Å². The van der Waals surface area contributed by atoms with E-state index in [2.05, 4.69) is 0 Å². The second-order valence-electron chi connectivity index (χ2n) is 6.05. The molecule has 1 amide bonds. The van der Waals surface area contributed by atoms with Gasteiger partial charge in [0.25, 0.3) is 0 Å². The molecule has 0 aromatic heterocycles. The van der Waals surface area contributed by atoms with Crippen LogP contribution in [0.3, 0.4) is 0 Å². The third-order valence-corrected chi connectivity index (χ3v) is 3.22. The first-order valence-corrected chi connectivity index (χ1v) is 6.73. The summed E-state index contributed by atoms with van der Waals surface area (Å²) in [5.41, 5.74) is 0.554. The van der Waals surface area contributed by atoms with E-state index in [9.17, 15) is 19.8 Å². The number of nitrogens with zero attached hydrogens (tertiary/aromatic N) is 1. The maximum atomic E-state index is 12.2. The lowest BCUT2D eigenvalue weighted by Crippen LogP contribution is -2.45. The first-order chi connectivity index (χ1) is 9.69. The Hall–Kier alpha value is -2.24. The smallest absolute Gasteiger partial charge is 0.411 e. The van der Waals surface area contributed by atoms with Gasteiger partial charge in [-0.2, -0.15) is 0 Å². The molecule has 6 heteroatoms. The van der Waals surface area contributed by atoms with Gasteiger partial charge in [-0.05, 0) is 50.5 Å². The number of aromatic hydroxyl groups is 1. The van der Waals surface area contributed by atoms with Crippen LogP contribution < -0.4 is 0 Å². The second kappa shape index (κ2) is 5.27. The first-order valence-electron chi connectivity index (χ1n) is 6.73. The van der Waals surface area contributed by atoms with Crippen molar-refractivity contribution in [3.63, 3.8) is 0 Å². The Morgan fingerprint density at radius 2 is 2.00 bits per heavy atom. The van der Waals surface area contributed by atoms with Gasteiger partial charge in [0.1, 0.15) is 11.4 Å². The zero-order valence-corrected chi connectivity index (χ0v) is 12.3.